The standard InChI is InChI=1S/C13H16FN3O2/c1-17-8-11(6-12(17)18)16-13(19)15-7-9-2-4-10(14)5-3-9/h2-5,11H,6-8H2,1H3,(H2,15,16,19)/t11-/m1/s1. The zero-order chi connectivity index (χ0) is 13.8. The fourth-order valence-electron chi connectivity index (χ4n) is 1.98. The zero-order valence-corrected chi connectivity index (χ0v) is 10.6. The number of benzene rings is 1. The molecule has 0 bridgehead atoms. The van der Waals surface area contributed by atoms with Gasteiger partial charge in [-0.05, 0) is 17.7 Å². The van der Waals surface area contributed by atoms with Crippen molar-refractivity contribution in [2.45, 2.75) is 19.0 Å². The molecule has 1 aromatic carbocycles. The van der Waals surface area contributed by atoms with Crippen molar-refractivity contribution < 1.29 is 14.0 Å². The van der Waals surface area contributed by atoms with Crippen LogP contribution in [0.4, 0.5) is 9.18 Å². The average molecular weight is 265 g/mol. The van der Waals surface area contributed by atoms with Gasteiger partial charge in [0.2, 0.25) is 5.91 Å². The summed E-state index contributed by atoms with van der Waals surface area (Å²) >= 11 is 0. The van der Waals surface area contributed by atoms with E-state index in [1.165, 1.54) is 12.1 Å². The minimum Gasteiger partial charge on any atom is -0.344 e. The molecule has 0 unspecified atom stereocenters. The van der Waals surface area contributed by atoms with Crippen molar-refractivity contribution in [1.82, 2.24) is 15.5 Å². The van der Waals surface area contributed by atoms with Gasteiger partial charge in [0.1, 0.15) is 5.82 Å². The Morgan fingerprint density at radius 1 is 1.42 bits per heavy atom. The molecule has 1 aliphatic rings. The van der Waals surface area contributed by atoms with Crippen LogP contribution in [0.15, 0.2) is 24.3 Å². The first kappa shape index (κ1) is 13.3. The lowest BCUT2D eigenvalue weighted by Crippen LogP contribution is -2.42. The zero-order valence-electron chi connectivity index (χ0n) is 10.6. The molecule has 3 amide bonds. The molecule has 5 nitrogen and oxygen atoms in total. The smallest absolute Gasteiger partial charge is 0.315 e. The number of likely N-dealkylation sites (N-methyl/N-ethyl adjacent to an activating group) is 1. The summed E-state index contributed by atoms with van der Waals surface area (Å²) < 4.78 is 12.7. The maximum absolute atomic E-state index is 12.7. The Kier molecular flexibility index (Phi) is 3.99. The van der Waals surface area contributed by atoms with E-state index in [0.29, 0.717) is 19.5 Å². The van der Waals surface area contributed by atoms with E-state index in [4.69, 9.17) is 0 Å². The van der Waals surface area contributed by atoms with Gasteiger partial charge >= 0.3 is 6.03 Å². The van der Waals surface area contributed by atoms with Gasteiger partial charge in [-0.1, -0.05) is 12.1 Å². The Morgan fingerprint density at radius 2 is 2.11 bits per heavy atom. The normalized spacial score (nSPS) is 18.5. The third kappa shape index (κ3) is 3.67. The Labute approximate surface area is 110 Å². The maximum atomic E-state index is 12.7. The number of urea groups is 1. The molecular formula is C13H16FN3O2. The number of nitrogens with zero attached hydrogens (tertiary/aromatic N) is 1. The molecule has 1 saturated heterocycles. The van der Waals surface area contributed by atoms with Gasteiger partial charge in [0.05, 0.1) is 6.04 Å². The first-order valence-electron chi connectivity index (χ1n) is 6.07. The van der Waals surface area contributed by atoms with Crippen molar-refractivity contribution in [3.63, 3.8) is 0 Å². The molecule has 1 heterocycles. The third-order valence-electron chi connectivity index (χ3n) is 3.04. The van der Waals surface area contributed by atoms with Crippen molar-refractivity contribution in [3.8, 4) is 0 Å². The summed E-state index contributed by atoms with van der Waals surface area (Å²) in [5.41, 5.74) is 0.816. The molecule has 102 valence electrons. The molecule has 0 spiro atoms. The van der Waals surface area contributed by atoms with E-state index in [1.54, 1.807) is 24.1 Å². The van der Waals surface area contributed by atoms with Crippen LogP contribution >= 0.6 is 0 Å². The van der Waals surface area contributed by atoms with Crippen LogP contribution in [-0.4, -0.2) is 36.5 Å². The predicted octanol–water partition coefficient (Wildman–Crippen LogP) is 0.856. The minimum atomic E-state index is -0.322. The molecule has 6 heteroatoms. The van der Waals surface area contributed by atoms with Crippen LogP contribution in [0.25, 0.3) is 0 Å². The number of hydrogen-bond donors (Lipinski definition) is 2. The second-order valence-electron chi connectivity index (χ2n) is 4.63. The summed E-state index contributed by atoms with van der Waals surface area (Å²) in [6.45, 7) is 0.853. The summed E-state index contributed by atoms with van der Waals surface area (Å²) in [4.78, 5) is 24.5. The van der Waals surface area contributed by atoms with E-state index < -0.39 is 0 Å². The van der Waals surface area contributed by atoms with E-state index in [-0.39, 0.29) is 23.8 Å². The van der Waals surface area contributed by atoms with Crippen molar-refractivity contribution in [2.24, 2.45) is 0 Å². The van der Waals surface area contributed by atoms with Crippen molar-refractivity contribution in [3.05, 3.63) is 35.6 Å². The summed E-state index contributed by atoms with van der Waals surface area (Å²) in [5, 5.41) is 5.41. The lowest BCUT2D eigenvalue weighted by Gasteiger charge is -2.13. The van der Waals surface area contributed by atoms with E-state index in [1.807, 2.05) is 0 Å². The third-order valence-corrected chi connectivity index (χ3v) is 3.04. The Morgan fingerprint density at radius 3 is 2.68 bits per heavy atom. The van der Waals surface area contributed by atoms with Crippen molar-refractivity contribution in [1.29, 1.82) is 0 Å². The fraction of sp³-hybridized carbons (Fsp3) is 0.385. The number of rotatable bonds is 3. The van der Waals surface area contributed by atoms with Crippen molar-refractivity contribution in [2.75, 3.05) is 13.6 Å². The number of carbonyl (C=O) groups is 2. The SMILES string of the molecule is CN1C[C@H](NC(=O)NCc2ccc(F)cc2)CC1=O. The number of likely N-dealkylation sites (tertiary alicyclic amines) is 1. The first-order chi connectivity index (χ1) is 9.04. The van der Waals surface area contributed by atoms with Gasteiger partial charge < -0.3 is 15.5 Å². The lowest BCUT2D eigenvalue weighted by molar-refractivity contribution is -0.126. The van der Waals surface area contributed by atoms with E-state index in [0.717, 1.165) is 5.56 Å². The number of halogens is 1. The minimum absolute atomic E-state index is 0.0313. The largest absolute Gasteiger partial charge is 0.344 e. The lowest BCUT2D eigenvalue weighted by atomic mass is 10.2. The van der Waals surface area contributed by atoms with E-state index in [9.17, 15) is 14.0 Å². The van der Waals surface area contributed by atoms with Gasteiger partial charge in [-0.2, -0.15) is 0 Å². The summed E-state index contributed by atoms with van der Waals surface area (Å²) in [6, 6.07) is 5.45. The monoisotopic (exact) mass is 265 g/mol. The van der Waals surface area contributed by atoms with E-state index in [2.05, 4.69) is 10.6 Å². The summed E-state index contributed by atoms with van der Waals surface area (Å²) in [5.74, 6) is -0.274. The fourth-order valence-corrected chi connectivity index (χ4v) is 1.98. The summed E-state index contributed by atoms with van der Waals surface area (Å²) in [6.07, 6.45) is 0.334. The molecule has 0 aliphatic carbocycles. The van der Waals surface area contributed by atoms with Crippen LogP contribution < -0.4 is 10.6 Å². The maximum Gasteiger partial charge on any atom is 0.315 e. The Hall–Kier alpha value is -2.11. The van der Waals surface area contributed by atoms with Crippen LogP contribution in [0.5, 0.6) is 0 Å². The van der Waals surface area contributed by atoms with E-state index >= 15 is 0 Å². The highest BCUT2D eigenvalue weighted by molar-refractivity contribution is 5.81. The highest BCUT2D eigenvalue weighted by atomic mass is 19.1. The van der Waals surface area contributed by atoms with Crippen LogP contribution in [0.3, 0.4) is 0 Å². The molecule has 0 aromatic heterocycles. The van der Waals surface area contributed by atoms with Gasteiger partial charge in [0, 0.05) is 26.6 Å². The molecule has 0 saturated carbocycles. The van der Waals surface area contributed by atoms with Gasteiger partial charge in [-0.25, -0.2) is 9.18 Å². The van der Waals surface area contributed by atoms with Gasteiger partial charge in [0.25, 0.3) is 0 Å². The van der Waals surface area contributed by atoms with Crippen LogP contribution in [-0.2, 0) is 11.3 Å². The molecule has 2 N–H and O–H groups in total. The average Bonchev–Trinajstić information content (AvgIpc) is 2.67. The molecular weight excluding hydrogens is 249 g/mol. The number of nitrogens with one attached hydrogen (secondary N) is 2. The van der Waals surface area contributed by atoms with Gasteiger partial charge in [-0.15, -0.1) is 0 Å². The second-order valence-corrected chi connectivity index (χ2v) is 4.63. The van der Waals surface area contributed by atoms with Crippen molar-refractivity contribution >= 4 is 11.9 Å². The first-order valence-corrected chi connectivity index (χ1v) is 6.07. The molecule has 1 aliphatic heterocycles. The van der Waals surface area contributed by atoms with Gasteiger partial charge in [-0.3, -0.25) is 4.79 Å². The number of amides is 3. The van der Waals surface area contributed by atoms with Crippen LogP contribution in [0.2, 0.25) is 0 Å². The number of carbonyl (C=O) groups excluding carboxylic acids is 2. The molecule has 1 fully saturated rings. The highest BCUT2D eigenvalue weighted by Gasteiger charge is 2.27. The predicted molar refractivity (Wildman–Crippen MR) is 67.8 cm³/mol. The van der Waals surface area contributed by atoms with Gasteiger partial charge in [0.15, 0.2) is 0 Å². The summed E-state index contributed by atoms with van der Waals surface area (Å²) in [7, 11) is 1.71. The second kappa shape index (κ2) is 5.69. The molecule has 2 rings (SSSR count). The quantitative estimate of drug-likeness (QED) is 0.851. The molecule has 1 atom stereocenters. The highest BCUT2D eigenvalue weighted by Crippen LogP contribution is 2.08. The molecule has 0 radical (unpaired) electrons. The Bertz CT molecular complexity index is 475. The number of hydrogen-bond acceptors (Lipinski definition) is 2. The van der Waals surface area contributed by atoms with Crippen LogP contribution in [0.1, 0.15) is 12.0 Å². The molecule has 1 aromatic rings. The Balaban J connectivity index is 1.76. The topological polar surface area (TPSA) is 61.4 Å². The van der Waals surface area contributed by atoms with Crippen LogP contribution in [0, 0.1) is 5.82 Å². The molecule has 19 heavy (non-hydrogen) atoms.